The summed E-state index contributed by atoms with van der Waals surface area (Å²) in [6.45, 7) is 9.19. The highest BCUT2D eigenvalue weighted by molar-refractivity contribution is 5.81. The third-order valence-corrected chi connectivity index (χ3v) is 5.13. The van der Waals surface area contributed by atoms with Gasteiger partial charge in [0.05, 0.1) is 17.7 Å². The van der Waals surface area contributed by atoms with Gasteiger partial charge in [-0.05, 0) is 65.0 Å². The van der Waals surface area contributed by atoms with Crippen molar-refractivity contribution in [3.8, 4) is 5.75 Å². The Morgan fingerprint density at radius 2 is 1.85 bits per heavy atom. The van der Waals surface area contributed by atoms with Crippen LogP contribution in [-0.2, 0) is 4.74 Å². The summed E-state index contributed by atoms with van der Waals surface area (Å²) in [5.74, 6) is 0.954. The molecule has 2 fully saturated rings. The van der Waals surface area contributed by atoms with E-state index < -0.39 is 5.60 Å². The molecule has 1 aromatic carbocycles. The van der Waals surface area contributed by atoms with E-state index in [2.05, 4.69) is 29.9 Å². The lowest BCUT2D eigenvalue weighted by Crippen LogP contribution is -2.42. The summed E-state index contributed by atoms with van der Waals surface area (Å²) in [5, 5.41) is 5.94. The Balaban J connectivity index is 1.43. The standard InChI is InChI=1S/C21H29N3O3/c1-14-11-15-13-24(22-18(15)12-19(14)26-17-5-6-17)16-7-9-23(10-8-16)20(25)27-21(2,3)4/h11-13,16-17H,5-10H2,1-4H3. The highest BCUT2D eigenvalue weighted by Gasteiger charge is 2.28. The Bertz CT molecular complexity index is 840. The Hall–Kier alpha value is -2.24. The molecule has 0 atom stereocenters. The van der Waals surface area contributed by atoms with Crippen LogP contribution in [0.4, 0.5) is 4.79 Å². The first-order valence-electron chi connectivity index (χ1n) is 9.92. The van der Waals surface area contributed by atoms with Gasteiger partial charge in [-0.2, -0.15) is 5.10 Å². The minimum absolute atomic E-state index is 0.218. The zero-order chi connectivity index (χ0) is 19.2. The molecule has 0 radical (unpaired) electrons. The van der Waals surface area contributed by atoms with E-state index in [1.54, 1.807) is 4.90 Å². The molecule has 27 heavy (non-hydrogen) atoms. The number of hydrogen-bond acceptors (Lipinski definition) is 4. The monoisotopic (exact) mass is 371 g/mol. The van der Waals surface area contributed by atoms with Gasteiger partial charge in [-0.3, -0.25) is 4.68 Å². The summed E-state index contributed by atoms with van der Waals surface area (Å²) >= 11 is 0. The van der Waals surface area contributed by atoms with Crippen LogP contribution in [0.1, 0.15) is 58.1 Å². The van der Waals surface area contributed by atoms with E-state index in [0.29, 0.717) is 25.2 Å². The van der Waals surface area contributed by atoms with Crippen LogP contribution in [0.5, 0.6) is 5.75 Å². The lowest BCUT2D eigenvalue weighted by atomic mass is 10.1. The van der Waals surface area contributed by atoms with E-state index in [-0.39, 0.29) is 6.09 Å². The summed E-state index contributed by atoms with van der Waals surface area (Å²) in [5.41, 5.74) is 1.69. The fraction of sp³-hybridized carbons (Fsp3) is 0.619. The van der Waals surface area contributed by atoms with Gasteiger partial charge in [0.1, 0.15) is 11.4 Å². The van der Waals surface area contributed by atoms with Crippen molar-refractivity contribution >= 4 is 17.0 Å². The molecule has 1 aliphatic heterocycles. The van der Waals surface area contributed by atoms with E-state index in [1.165, 1.54) is 0 Å². The van der Waals surface area contributed by atoms with Crippen molar-refractivity contribution in [3.05, 3.63) is 23.9 Å². The van der Waals surface area contributed by atoms with Gasteiger partial charge in [-0.25, -0.2) is 4.79 Å². The van der Waals surface area contributed by atoms with Crippen LogP contribution < -0.4 is 4.74 Å². The molecule has 2 aromatic rings. The fourth-order valence-corrected chi connectivity index (χ4v) is 3.50. The third-order valence-electron chi connectivity index (χ3n) is 5.13. The molecule has 1 saturated heterocycles. The minimum atomic E-state index is -0.453. The van der Waals surface area contributed by atoms with Crippen molar-refractivity contribution in [3.63, 3.8) is 0 Å². The first kappa shape index (κ1) is 18.1. The Labute approximate surface area is 160 Å². The molecule has 2 heterocycles. The zero-order valence-electron chi connectivity index (χ0n) is 16.7. The molecule has 0 unspecified atom stereocenters. The maximum atomic E-state index is 12.2. The minimum Gasteiger partial charge on any atom is -0.490 e. The Morgan fingerprint density at radius 3 is 2.48 bits per heavy atom. The number of fused-ring (bicyclic) bond motifs is 1. The molecular formula is C21H29N3O3. The number of nitrogens with zero attached hydrogens (tertiary/aromatic N) is 3. The lowest BCUT2D eigenvalue weighted by Gasteiger charge is -2.33. The van der Waals surface area contributed by atoms with Gasteiger partial charge in [-0.1, -0.05) is 0 Å². The molecule has 0 N–H and O–H groups in total. The first-order chi connectivity index (χ1) is 12.8. The number of carbonyl (C=O) groups is 1. The Morgan fingerprint density at radius 1 is 1.15 bits per heavy atom. The van der Waals surface area contributed by atoms with Gasteiger partial charge in [0.2, 0.25) is 0 Å². The van der Waals surface area contributed by atoms with Gasteiger partial charge in [-0.15, -0.1) is 0 Å². The second-order valence-electron chi connectivity index (χ2n) is 8.80. The van der Waals surface area contributed by atoms with Crippen molar-refractivity contribution in [2.24, 2.45) is 0 Å². The van der Waals surface area contributed by atoms with Crippen molar-refractivity contribution in [1.29, 1.82) is 0 Å². The summed E-state index contributed by atoms with van der Waals surface area (Å²) in [4.78, 5) is 14.0. The highest BCUT2D eigenvalue weighted by atomic mass is 16.6. The van der Waals surface area contributed by atoms with Crippen LogP contribution in [0.25, 0.3) is 10.9 Å². The molecule has 6 heteroatoms. The average molecular weight is 371 g/mol. The zero-order valence-corrected chi connectivity index (χ0v) is 16.7. The summed E-state index contributed by atoms with van der Waals surface area (Å²) in [7, 11) is 0. The average Bonchev–Trinajstić information content (AvgIpc) is 3.32. The van der Waals surface area contributed by atoms with Crippen LogP contribution in [0.15, 0.2) is 18.3 Å². The van der Waals surface area contributed by atoms with Gasteiger partial charge in [0, 0.05) is 30.7 Å². The first-order valence-corrected chi connectivity index (χ1v) is 9.92. The molecule has 1 aliphatic carbocycles. The van der Waals surface area contributed by atoms with Crippen molar-refractivity contribution in [1.82, 2.24) is 14.7 Å². The van der Waals surface area contributed by atoms with Crippen LogP contribution in [0, 0.1) is 6.92 Å². The predicted octanol–water partition coefficient (Wildman–Crippen LogP) is 4.46. The normalized spacial score (nSPS) is 18.7. The summed E-state index contributed by atoms with van der Waals surface area (Å²) < 4.78 is 13.5. The van der Waals surface area contributed by atoms with Gasteiger partial charge in [0.25, 0.3) is 0 Å². The van der Waals surface area contributed by atoms with E-state index in [4.69, 9.17) is 14.6 Å². The number of rotatable bonds is 3. The van der Waals surface area contributed by atoms with E-state index in [0.717, 1.165) is 47.9 Å². The molecule has 1 amide bonds. The maximum Gasteiger partial charge on any atom is 0.410 e. The number of aryl methyl sites for hydroxylation is 1. The third kappa shape index (κ3) is 4.20. The van der Waals surface area contributed by atoms with Gasteiger partial charge in [0.15, 0.2) is 0 Å². The largest absolute Gasteiger partial charge is 0.490 e. The number of benzene rings is 1. The number of aromatic nitrogens is 2. The highest BCUT2D eigenvalue weighted by Crippen LogP contribution is 2.32. The predicted molar refractivity (Wildman–Crippen MR) is 104 cm³/mol. The van der Waals surface area contributed by atoms with E-state index >= 15 is 0 Å². The molecule has 0 spiro atoms. The maximum absolute atomic E-state index is 12.2. The second-order valence-corrected chi connectivity index (χ2v) is 8.80. The van der Waals surface area contributed by atoms with Crippen molar-refractivity contribution in [2.75, 3.05) is 13.1 Å². The SMILES string of the molecule is Cc1cc2cn(C3CCN(C(=O)OC(C)(C)C)CC3)nc2cc1OC1CC1. The number of carbonyl (C=O) groups excluding carboxylic acids is 1. The topological polar surface area (TPSA) is 56.6 Å². The summed E-state index contributed by atoms with van der Waals surface area (Å²) in [6.07, 6.45) is 6.38. The quantitative estimate of drug-likeness (QED) is 0.799. The number of amides is 1. The van der Waals surface area contributed by atoms with Gasteiger partial charge >= 0.3 is 6.09 Å². The molecular weight excluding hydrogens is 342 g/mol. The molecule has 1 aromatic heterocycles. The number of likely N-dealkylation sites (tertiary alicyclic amines) is 1. The molecule has 6 nitrogen and oxygen atoms in total. The molecule has 0 bridgehead atoms. The second kappa shape index (κ2) is 6.73. The molecule has 146 valence electrons. The number of ether oxygens (including phenoxy) is 2. The number of hydrogen-bond donors (Lipinski definition) is 0. The number of piperidine rings is 1. The summed E-state index contributed by atoms with van der Waals surface area (Å²) in [6, 6.07) is 4.53. The smallest absolute Gasteiger partial charge is 0.410 e. The van der Waals surface area contributed by atoms with Crippen LogP contribution in [0.3, 0.4) is 0 Å². The molecule has 4 rings (SSSR count). The van der Waals surface area contributed by atoms with Gasteiger partial charge < -0.3 is 14.4 Å². The van der Waals surface area contributed by atoms with E-state index in [9.17, 15) is 4.79 Å². The van der Waals surface area contributed by atoms with E-state index in [1.807, 2.05) is 20.8 Å². The molecule has 2 aliphatic rings. The van der Waals surface area contributed by atoms with Crippen molar-refractivity contribution < 1.29 is 14.3 Å². The van der Waals surface area contributed by atoms with Crippen LogP contribution in [-0.4, -0.2) is 45.6 Å². The molecule has 1 saturated carbocycles. The van der Waals surface area contributed by atoms with Crippen LogP contribution in [0.2, 0.25) is 0 Å². The fourth-order valence-electron chi connectivity index (χ4n) is 3.50. The van der Waals surface area contributed by atoms with Crippen LogP contribution >= 0.6 is 0 Å². The Kier molecular flexibility index (Phi) is 4.52. The lowest BCUT2D eigenvalue weighted by molar-refractivity contribution is 0.0185. The van der Waals surface area contributed by atoms with Crippen molar-refractivity contribution in [2.45, 2.75) is 71.1 Å².